The van der Waals surface area contributed by atoms with Gasteiger partial charge in [-0.3, -0.25) is 0 Å². The Hall–Kier alpha value is -1.35. The molecule has 0 aromatic heterocycles. The number of benzene rings is 1. The van der Waals surface area contributed by atoms with Crippen LogP contribution in [-0.4, -0.2) is 16.8 Å². The van der Waals surface area contributed by atoms with Gasteiger partial charge in [0.2, 0.25) is 0 Å². The largest absolute Gasteiger partial charge is 0.349 e. The van der Waals surface area contributed by atoms with Crippen LogP contribution in [0.4, 0.5) is 10.1 Å². The van der Waals surface area contributed by atoms with Crippen molar-refractivity contribution in [2.45, 2.75) is 19.0 Å². The van der Waals surface area contributed by atoms with Crippen LogP contribution in [0.3, 0.4) is 0 Å². The number of halogens is 2. The molecule has 0 N–H and O–H groups in total. The molecule has 2 heterocycles. The molecule has 4 heteroatoms. The van der Waals surface area contributed by atoms with Gasteiger partial charge < -0.3 is 4.90 Å². The molecule has 2 atom stereocenters. The van der Waals surface area contributed by atoms with Crippen molar-refractivity contribution in [2.75, 3.05) is 0 Å². The van der Waals surface area contributed by atoms with Crippen molar-refractivity contribution < 1.29 is 4.39 Å². The summed E-state index contributed by atoms with van der Waals surface area (Å²) in [5.74, 6) is 1.17. The Morgan fingerprint density at radius 1 is 1.35 bits per heavy atom. The number of amidine groups is 1. The van der Waals surface area contributed by atoms with Crippen LogP contribution in [0.1, 0.15) is 12.0 Å². The summed E-state index contributed by atoms with van der Waals surface area (Å²) in [5.41, 5.74) is 1.64. The number of fused-ring (bicyclic) bond motifs is 6. The summed E-state index contributed by atoms with van der Waals surface area (Å²) >= 11 is 6.09. The molecule has 3 aliphatic rings. The van der Waals surface area contributed by atoms with Gasteiger partial charge in [-0.05, 0) is 12.5 Å². The summed E-state index contributed by atoms with van der Waals surface area (Å²) in [6, 6.07) is 3.29. The number of hydrogen-bond donors (Lipinski definition) is 0. The zero-order valence-corrected chi connectivity index (χ0v) is 9.78. The van der Waals surface area contributed by atoms with E-state index in [2.05, 4.69) is 22.0 Å². The van der Waals surface area contributed by atoms with Gasteiger partial charge in [0.1, 0.15) is 11.7 Å². The highest BCUT2D eigenvalue weighted by Crippen LogP contribution is 2.42. The highest BCUT2D eigenvalue weighted by atomic mass is 35.5. The van der Waals surface area contributed by atoms with Crippen molar-refractivity contribution in [3.05, 3.63) is 40.7 Å². The fraction of sp³-hybridized carbons (Fsp3) is 0.308. The lowest BCUT2D eigenvalue weighted by atomic mass is 10.1. The van der Waals surface area contributed by atoms with E-state index >= 15 is 0 Å². The van der Waals surface area contributed by atoms with Crippen LogP contribution < -0.4 is 0 Å². The van der Waals surface area contributed by atoms with Gasteiger partial charge in [-0.2, -0.15) is 0 Å². The minimum atomic E-state index is -0.315. The topological polar surface area (TPSA) is 15.6 Å². The molecule has 2 bridgehead atoms. The lowest BCUT2D eigenvalue weighted by molar-refractivity contribution is 0.377. The first-order valence-corrected chi connectivity index (χ1v) is 6.11. The highest BCUT2D eigenvalue weighted by molar-refractivity contribution is 6.31. The molecule has 1 fully saturated rings. The molecule has 1 aromatic rings. The minimum absolute atomic E-state index is 0.315. The predicted molar refractivity (Wildman–Crippen MR) is 65.1 cm³/mol. The summed E-state index contributed by atoms with van der Waals surface area (Å²) in [6.07, 6.45) is 5.53. The van der Waals surface area contributed by atoms with Crippen LogP contribution in [0.15, 0.2) is 29.3 Å². The zero-order chi connectivity index (χ0) is 11.6. The fourth-order valence-corrected chi connectivity index (χ4v) is 3.23. The Morgan fingerprint density at radius 2 is 2.24 bits per heavy atom. The minimum Gasteiger partial charge on any atom is -0.349 e. The number of nitrogens with zero attached hydrogens (tertiary/aromatic N) is 2. The summed E-state index contributed by atoms with van der Waals surface area (Å²) in [4.78, 5) is 6.85. The summed E-state index contributed by atoms with van der Waals surface area (Å²) in [6.45, 7) is 0.749. The first kappa shape index (κ1) is 9.66. The fourth-order valence-electron chi connectivity index (χ4n) is 2.97. The lowest BCUT2D eigenvalue weighted by Gasteiger charge is -2.31. The average Bonchev–Trinajstić information content (AvgIpc) is 2.87. The Labute approximate surface area is 103 Å². The van der Waals surface area contributed by atoms with E-state index in [1.54, 1.807) is 0 Å². The Kier molecular flexibility index (Phi) is 1.76. The van der Waals surface area contributed by atoms with E-state index in [0.717, 1.165) is 24.4 Å². The third-order valence-electron chi connectivity index (χ3n) is 3.79. The third kappa shape index (κ3) is 1.23. The molecule has 2 unspecified atom stereocenters. The summed E-state index contributed by atoms with van der Waals surface area (Å²) in [5, 5.41) is 0.481. The van der Waals surface area contributed by atoms with Crippen LogP contribution in [0.25, 0.3) is 0 Å². The molecule has 4 rings (SSSR count). The van der Waals surface area contributed by atoms with Gasteiger partial charge in [-0.25, -0.2) is 9.38 Å². The van der Waals surface area contributed by atoms with E-state index in [1.807, 2.05) is 0 Å². The Balaban J connectivity index is 1.90. The number of hydrogen-bond acceptors (Lipinski definition) is 2. The third-order valence-corrected chi connectivity index (χ3v) is 4.12. The van der Waals surface area contributed by atoms with Gasteiger partial charge in [0.15, 0.2) is 0 Å². The van der Waals surface area contributed by atoms with E-state index in [9.17, 15) is 4.39 Å². The van der Waals surface area contributed by atoms with Crippen molar-refractivity contribution in [1.29, 1.82) is 0 Å². The van der Waals surface area contributed by atoms with E-state index < -0.39 is 0 Å². The van der Waals surface area contributed by atoms with Crippen LogP contribution in [-0.2, 0) is 6.54 Å². The van der Waals surface area contributed by atoms with E-state index in [1.165, 1.54) is 12.1 Å². The van der Waals surface area contributed by atoms with Crippen LogP contribution in [0, 0.1) is 11.7 Å². The van der Waals surface area contributed by atoms with Gasteiger partial charge in [0.25, 0.3) is 0 Å². The summed E-state index contributed by atoms with van der Waals surface area (Å²) in [7, 11) is 0. The van der Waals surface area contributed by atoms with E-state index in [4.69, 9.17) is 11.6 Å². The maximum Gasteiger partial charge on any atom is 0.126 e. The molecule has 17 heavy (non-hydrogen) atoms. The van der Waals surface area contributed by atoms with Crippen molar-refractivity contribution in [3.8, 4) is 0 Å². The maximum absolute atomic E-state index is 13.3. The standard InChI is InChI=1S/C13H10ClFN2/c14-11-4-8(15)5-12-10(11)6-17-9-2-1-7(3-9)13(17)16-12/h1-2,4-5,7,9H,3,6H2. The lowest BCUT2D eigenvalue weighted by Crippen LogP contribution is -2.36. The van der Waals surface area contributed by atoms with Crippen molar-refractivity contribution in [2.24, 2.45) is 10.9 Å². The molecule has 1 aliphatic carbocycles. The molecule has 1 aromatic carbocycles. The van der Waals surface area contributed by atoms with E-state index in [0.29, 0.717) is 22.7 Å². The molecule has 1 saturated heterocycles. The molecule has 86 valence electrons. The SMILES string of the molecule is Fc1cc(Cl)c2c(c1)N=C1C3C=CC(C3)N1C2. The van der Waals surface area contributed by atoms with Crippen LogP contribution >= 0.6 is 11.6 Å². The van der Waals surface area contributed by atoms with Crippen molar-refractivity contribution >= 4 is 23.1 Å². The van der Waals surface area contributed by atoms with Crippen molar-refractivity contribution in [3.63, 3.8) is 0 Å². The normalized spacial score (nSPS) is 28.1. The molecular formula is C13H10ClFN2. The second kappa shape index (κ2) is 3.10. The molecule has 2 aliphatic heterocycles. The Bertz CT molecular complexity index is 579. The second-order valence-corrected chi connectivity index (χ2v) is 5.18. The van der Waals surface area contributed by atoms with Gasteiger partial charge in [0, 0.05) is 30.1 Å². The van der Waals surface area contributed by atoms with Gasteiger partial charge in [-0.15, -0.1) is 0 Å². The smallest absolute Gasteiger partial charge is 0.126 e. The quantitative estimate of drug-likeness (QED) is 0.644. The summed E-state index contributed by atoms with van der Waals surface area (Å²) < 4.78 is 13.3. The maximum atomic E-state index is 13.3. The highest BCUT2D eigenvalue weighted by Gasteiger charge is 2.41. The molecular weight excluding hydrogens is 239 g/mol. The Morgan fingerprint density at radius 3 is 3.12 bits per heavy atom. The second-order valence-electron chi connectivity index (χ2n) is 4.78. The van der Waals surface area contributed by atoms with Gasteiger partial charge >= 0.3 is 0 Å². The first-order valence-electron chi connectivity index (χ1n) is 5.74. The average molecular weight is 249 g/mol. The molecule has 2 nitrogen and oxygen atoms in total. The monoisotopic (exact) mass is 248 g/mol. The molecule has 0 radical (unpaired) electrons. The first-order chi connectivity index (χ1) is 8.22. The van der Waals surface area contributed by atoms with Gasteiger partial charge in [-0.1, -0.05) is 23.8 Å². The zero-order valence-electron chi connectivity index (χ0n) is 9.03. The van der Waals surface area contributed by atoms with Crippen molar-refractivity contribution in [1.82, 2.24) is 4.90 Å². The molecule has 0 spiro atoms. The van der Waals surface area contributed by atoms with E-state index in [-0.39, 0.29) is 5.82 Å². The van der Waals surface area contributed by atoms with Gasteiger partial charge in [0.05, 0.1) is 10.7 Å². The van der Waals surface area contributed by atoms with Crippen LogP contribution in [0.5, 0.6) is 0 Å². The number of aliphatic imine (C=N–C) groups is 1. The molecule has 0 saturated carbocycles. The number of rotatable bonds is 0. The molecule has 0 amide bonds. The predicted octanol–water partition coefficient (Wildman–Crippen LogP) is 3.28. The van der Waals surface area contributed by atoms with Crippen LogP contribution in [0.2, 0.25) is 5.02 Å².